The van der Waals surface area contributed by atoms with E-state index in [2.05, 4.69) is 26.8 Å². The van der Waals surface area contributed by atoms with Crippen LogP contribution < -0.4 is 5.56 Å². The van der Waals surface area contributed by atoms with Crippen molar-refractivity contribution >= 4 is 11.0 Å². The highest BCUT2D eigenvalue weighted by Gasteiger charge is 2.30. The second-order valence-corrected chi connectivity index (χ2v) is 5.58. The fraction of sp³-hybridized carbons (Fsp3) is 0.571. The molecule has 1 fully saturated rings. The Morgan fingerprint density at radius 1 is 1.45 bits per heavy atom. The standard InChI is InChI=1S/C14H20N4O2/c1-2-3-9-5-18(7-11(9)19)6-10-4-15-13-12(10)16-8-17-14(13)20/h4,8-9,11,15,19H,2-3,5-7H2,1H3,(H,16,17,20)/t9-,11-/m0/s1. The van der Waals surface area contributed by atoms with E-state index in [0.717, 1.165) is 30.5 Å². The Kier molecular flexibility index (Phi) is 3.58. The van der Waals surface area contributed by atoms with Crippen LogP contribution in [0.25, 0.3) is 11.0 Å². The molecule has 1 aliphatic heterocycles. The molecule has 3 N–H and O–H groups in total. The zero-order chi connectivity index (χ0) is 14.1. The first-order valence-electron chi connectivity index (χ1n) is 7.13. The molecule has 0 unspecified atom stereocenters. The van der Waals surface area contributed by atoms with Crippen LogP contribution >= 0.6 is 0 Å². The molecule has 0 amide bonds. The van der Waals surface area contributed by atoms with E-state index in [-0.39, 0.29) is 11.7 Å². The largest absolute Gasteiger partial charge is 0.391 e. The SMILES string of the molecule is CCC[C@H]1CN(Cc2c[nH]c3c(=O)[nH]cnc23)C[C@@H]1O. The lowest BCUT2D eigenvalue weighted by Crippen LogP contribution is -2.21. The molecule has 2 atom stereocenters. The molecule has 2 aromatic rings. The molecule has 1 saturated heterocycles. The van der Waals surface area contributed by atoms with Gasteiger partial charge in [-0.2, -0.15) is 0 Å². The lowest BCUT2D eigenvalue weighted by Gasteiger charge is -2.14. The van der Waals surface area contributed by atoms with Gasteiger partial charge in [-0.15, -0.1) is 0 Å². The molecule has 3 heterocycles. The molecular weight excluding hydrogens is 256 g/mol. The summed E-state index contributed by atoms with van der Waals surface area (Å²) in [6.45, 7) is 4.46. The van der Waals surface area contributed by atoms with Gasteiger partial charge in [0.15, 0.2) is 0 Å². The van der Waals surface area contributed by atoms with Gasteiger partial charge in [0.25, 0.3) is 5.56 Å². The molecule has 6 heteroatoms. The van der Waals surface area contributed by atoms with Gasteiger partial charge >= 0.3 is 0 Å². The molecule has 2 aromatic heterocycles. The molecule has 0 aromatic carbocycles. The second-order valence-electron chi connectivity index (χ2n) is 5.58. The third kappa shape index (κ3) is 2.36. The van der Waals surface area contributed by atoms with E-state index in [1.807, 2.05) is 6.20 Å². The summed E-state index contributed by atoms with van der Waals surface area (Å²) in [6.07, 6.45) is 5.19. The molecule has 0 bridgehead atoms. The van der Waals surface area contributed by atoms with E-state index in [9.17, 15) is 9.90 Å². The highest BCUT2D eigenvalue weighted by molar-refractivity contribution is 5.77. The number of H-pyrrole nitrogens is 2. The molecule has 0 spiro atoms. The third-order valence-electron chi connectivity index (χ3n) is 4.08. The summed E-state index contributed by atoms with van der Waals surface area (Å²) < 4.78 is 0. The van der Waals surface area contributed by atoms with E-state index in [0.29, 0.717) is 24.5 Å². The first kappa shape index (κ1) is 13.3. The van der Waals surface area contributed by atoms with Gasteiger partial charge in [-0.1, -0.05) is 13.3 Å². The van der Waals surface area contributed by atoms with E-state index < -0.39 is 0 Å². The molecule has 3 rings (SSSR count). The summed E-state index contributed by atoms with van der Waals surface area (Å²) in [5.74, 6) is 0.363. The van der Waals surface area contributed by atoms with Crippen molar-refractivity contribution in [3.8, 4) is 0 Å². The van der Waals surface area contributed by atoms with Crippen molar-refractivity contribution in [1.82, 2.24) is 19.9 Å². The number of aliphatic hydroxyl groups excluding tert-OH is 1. The molecular formula is C14H20N4O2. The van der Waals surface area contributed by atoms with Crippen molar-refractivity contribution in [3.05, 3.63) is 28.4 Å². The predicted octanol–water partition coefficient (Wildman–Crippen LogP) is 0.844. The lowest BCUT2D eigenvalue weighted by molar-refractivity contribution is 0.137. The maximum Gasteiger partial charge on any atom is 0.275 e. The number of nitrogens with one attached hydrogen (secondary N) is 2. The third-order valence-corrected chi connectivity index (χ3v) is 4.08. The summed E-state index contributed by atoms with van der Waals surface area (Å²) >= 11 is 0. The van der Waals surface area contributed by atoms with Gasteiger partial charge in [0, 0.05) is 31.4 Å². The Morgan fingerprint density at radius 2 is 2.30 bits per heavy atom. The predicted molar refractivity (Wildman–Crippen MR) is 76.4 cm³/mol. The fourth-order valence-electron chi connectivity index (χ4n) is 3.09. The van der Waals surface area contributed by atoms with Crippen LogP contribution in [0.4, 0.5) is 0 Å². The number of aliphatic hydroxyl groups is 1. The first-order chi connectivity index (χ1) is 9.69. The second kappa shape index (κ2) is 5.38. The fourth-order valence-corrected chi connectivity index (χ4v) is 3.09. The summed E-state index contributed by atoms with van der Waals surface area (Å²) in [6, 6.07) is 0. The van der Waals surface area contributed by atoms with Crippen LogP contribution in [-0.4, -0.2) is 44.2 Å². The maximum atomic E-state index is 11.6. The highest BCUT2D eigenvalue weighted by Crippen LogP contribution is 2.24. The highest BCUT2D eigenvalue weighted by atomic mass is 16.3. The van der Waals surface area contributed by atoms with Gasteiger partial charge < -0.3 is 15.1 Å². The maximum absolute atomic E-state index is 11.6. The topological polar surface area (TPSA) is 85.0 Å². The number of hydrogen-bond acceptors (Lipinski definition) is 4. The zero-order valence-corrected chi connectivity index (χ0v) is 11.6. The number of hydrogen-bond donors (Lipinski definition) is 3. The summed E-state index contributed by atoms with van der Waals surface area (Å²) in [7, 11) is 0. The van der Waals surface area contributed by atoms with Gasteiger partial charge in [0.1, 0.15) is 5.52 Å². The van der Waals surface area contributed by atoms with Crippen LogP contribution in [0.15, 0.2) is 17.3 Å². The Balaban J connectivity index is 1.78. The van der Waals surface area contributed by atoms with Crippen molar-refractivity contribution in [1.29, 1.82) is 0 Å². The van der Waals surface area contributed by atoms with Crippen molar-refractivity contribution < 1.29 is 5.11 Å². The zero-order valence-electron chi connectivity index (χ0n) is 11.6. The molecule has 0 aliphatic carbocycles. The quantitative estimate of drug-likeness (QED) is 0.772. The Hall–Kier alpha value is -1.66. The number of β-amino-alcohol motifs (C(OH)–C–C–N with tert-alkyl or cyclic N) is 1. The average molecular weight is 276 g/mol. The Labute approximate surface area is 116 Å². The van der Waals surface area contributed by atoms with Crippen LogP contribution in [0.2, 0.25) is 0 Å². The van der Waals surface area contributed by atoms with Crippen molar-refractivity contribution in [2.75, 3.05) is 13.1 Å². The van der Waals surface area contributed by atoms with E-state index >= 15 is 0 Å². The normalized spacial score (nSPS) is 23.7. The number of rotatable bonds is 4. The molecule has 20 heavy (non-hydrogen) atoms. The molecule has 108 valence electrons. The summed E-state index contributed by atoms with van der Waals surface area (Å²) in [4.78, 5) is 23.7. The average Bonchev–Trinajstić information content (AvgIpc) is 2.97. The monoisotopic (exact) mass is 276 g/mol. The van der Waals surface area contributed by atoms with Gasteiger partial charge in [0.05, 0.1) is 17.9 Å². The number of aromatic amines is 2. The first-order valence-corrected chi connectivity index (χ1v) is 7.13. The van der Waals surface area contributed by atoms with Crippen LogP contribution in [0.1, 0.15) is 25.3 Å². The number of likely N-dealkylation sites (tertiary alicyclic amines) is 1. The van der Waals surface area contributed by atoms with Crippen molar-refractivity contribution in [3.63, 3.8) is 0 Å². The minimum atomic E-state index is -0.239. The summed E-state index contributed by atoms with van der Waals surface area (Å²) in [5, 5.41) is 10.1. The van der Waals surface area contributed by atoms with Gasteiger partial charge in [-0.05, 0) is 12.3 Å². The molecule has 0 saturated carbocycles. The minimum Gasteiger partial charge on any atom is -0.391 e. The van der Waals surface area contributed by atoms with E-state index in [1.54, 1.807) is 0 Å². The number of aromatic nitrogens is 3. The van der Waals surface area contributed by atoms with Crippen LogP contribution in [-0.2, 0) is 6.54 Å². The molecule has 0 radical (unpaired) electrons. The molecule has 6 nitrogen and oxygen atoms in total. The minimum absolute atomic E-state index is 0.147. The van der Waals surface area contributed by atoms with Gasteiger partial charge in [0.2, 0.25) is 0 Å². The summed E-state index contributed by atoms with van der Waals surface area (Å²) in [5.41, 5.74) is 2.11. The smallest absolute Gasteiger partial charge is 0.275 e. The van der Waals surface area contributed by atoms with E-state index in [4.69, 9.17) is 0 Å². The van der Waals surface area contributed by atoms with Crippen LogP contribution in [0, 0.1) is 5.92 Å². The lowest BCUT2D eigenvalue weighted by atomic mass is 10.0. The van der Waals surface area contributed by atoms with Gasteiger partial charge in [-0.25, -0.2) is 4.98 Å². The van der Waals surface area contributed by atoms with E-state index in [1.165, 1.54) is 6.33 Å². The number of nitrogens with zero attached hydrogens (tertiary/aromatic N) is 2. The molecule has 1 aliphatic rings. The number of fused-ring (bicyclic) bond motifs is 1. The van der Waals surface area contributed by atoms with Crippen molar-refractivity contribution in [2.45, 2.75) is 32.4 Å². The van der Waals surface area contributed by atoms with Crippen molar-refractivity contribution in [2.24, 2.45) is 5.92 Å². The van der Waals surface area contributed by atoms with Gasteiger partial charge in [-0.3, -0.25) is 9.69 Å². The Morgan fingerprint density at radius 3 is 3.10 bits per heavy atom. The van der Waals surface area contributed by atoms with Crippen LogP contribution in [0.3, 0.4) is 0 Å². The van der Waals surface area contributed by atoms with Crippen LogP contribution in [0.5, 0.6) is 0 Å². The Bertz CT molecular complexity index is 648.